The van der Waals surface area contributed by atoms with Gasteiger partial charge in [0.2, 0.25) is 0 Å². The standard InChI is InChI=1S/C11H10O/c1-12-11-8-4-6-9-5-2-3-7-10(9)11/h2-8H,1H3/i1D3. The Kier molecular flexibility index (Phi) is 1.07. The average Bonchev–Trinajstić information content (AvgIpc) is 2.16. The minimum absolute atomic E-state index is 0.396. The molecule has 0 fully saturated rings. The van der Waals surface area contributed by atoms with Gasteiger partial charge in [0.05, 0.1) is 11.2 Å². The maximum absolute atomic E-state index is 7.06. The van der Waals surface area contributed by atoms with Gasteiger partial charge in [-0.1, -0.05) is 36.4 Å². The maximum Gasteiger partial charge on any atom is 0.126 e. The molecule has 0 spiro atoms. The molecule has 0 heterocycles. The monoisotopic (exact) mass is 161 g/mol. The summed E-state index contributed by atoms with van der Waals surface area (Å²) in [5.41, 5.74) is 0. The number of ether oxygens (including phenoxy) is 1. The first-order valence-electron chi connectivity index (χ1n) is 5.23. The minimum atomic E-state index is -2.40. The normalized spacial score (nSPS) is 14.8. The van der Waals surface area contributed by atoms with Crippen molar-refractivity contribution in [2.75, 3.05) is 7.04 Å². The summed E-state index contributed by atoms with van der Waals surface area (Å²) in [6.45, 7) is 0. The van der Waals surface area contributed by atoms with Crippen LogP contribution < -0.4 is 4.74 Å². The number of fused-ring (bicyclic) bond motifs is 1. The van der Waals surface area contributed by atoms with Crippen molar-refractivity contribution in [3.05, 3.63) is 42.5 Å². The van der Waals surface area contributed by atoms with Gasteiger partial charge >= 0.3 is 0 Å². The summed E-state index contributed by atoms with van der Waals surface area (Å²) in [5.74, 6) is 0.396. The van der Waals surface area contributed by atoms with Gasteiger partial charge in [0.15, 0.2) is 0 Å². The van der Waals surface area contributed by atoms with Crippen molar-refractivity contribution in [2.45, 2.75) is 0 Å². The fraction of sp³-hybridized carbons (Fsp3) is 0.0909. The SMILES string of the molecule is [2H]C([2H])([2H])Oc1cccc2ccccc12. The van der Waals surface area contributed by atoms with Gasteiger partial charge < -0.3 is 4.74 Å². The quantitative estimate of drug-likeness (QED) is 0.625. The van der Waals surface area contributed by atoms with Crippen LogP contribution in [0.3, 0.4) is 0 Å². The number of methoxy groups -OCH3 is 1. The van der Waals surface area contributed by atoms with Crippen molar-refractivity contribution in [1.29, 1.82) is 0 Å². The number of benzene rings is 2. The predicted octanol–water partition coefficient (Wildman–Crippen LogP) is 2.85. The van der Waals surface area contributed by atoms with Crippen LogP contribution in [0.5, 0.6) is 5.75 Å². The molecular formula is C11H10O. The van der Waals surface area contributed by atoms with Gasteiger partial charge in [-0.3, -0.25) is 0 Å². The molecule has 2 aromatic carbocycles. The molecule has 0 N–H and O–H groups in total. The van der Waals surface area contributed by atoms with E-state index in [9.17, 15) is 0 Å². The molecule has 2 rings (SSSR count). The molecule has 0 aromatic heterocycles. The van der Waals surface area contributed by atoms with Crippen molar-refractivity contribution in [3.8, 4) is 5.75 Å². The van der Waals surface area contributed by atoms with Gasteiger partial charge in [0.25, 0.3) is 0 Å². The van der Waals surface area contributed by atoms with Gasteiger partial charge in [-0.2, -0.15) is 0 Å². The van der Waals surface area contributed by atoms with E-state index in [1.807, 2.05) is 30.3 Å². The van der Waals surface area contributed by atoms with E-state index in [1.54, 1.807) is 12.1 Å². The molecule has 0 aliphatic carbocycles. The van der Waals surface area contributed by atoms with E-state index >= 15 is 0 Å². The lowest BCUT2D eigenvalue weighted by molar-refractivity contribution is 0.420. The van der Waals surface area contributed by atoms with Crippen molar-refractivity contribution in [1.82, 2.24) is 0 Å². The second-order valence-electron chi connectivity index (χ2n) is 2.58. The minimum Gasteiger partial charge on any atom is -0.496 e. The lowest BCUT2D eigenvalue weighted by atomic mass is 10.1. The van der Waals surface area contributed by atoms with Crippen LogP contribution in [0.4, 0.5) is 0 Å². The summed E-state index contributed by atoms with van der Waals surface area (Å²) in [6.07, 6.45) is 0. The van der Waals surface area contributed by atoms with Crippen LogP contribution in [0.15, 0.2) is 42.5 Å². The van der Waals surface area contributed by atoms with Crippen molar-refractivity contribution in [3.63, 3.8) is 0 Å². The Morgan fingerprint density at radius 3 is 2.83 bits per heavy atom. The Hall–Kier alpha value is -1.50. The van der Waals surface area contributed by atoms with E-state index in [0.717, 1.165) is 10.8 Å². The van der Waals surface area contributed by atoms with E-state index < -0.39 is 7.04 Å². The Morgan fingerprint density at radius 2 is 1.92 bits per heavy atom. The van der Waals surface area contributed by atoms with Crippen LogP contribution in [0.2, 0.25) is 0 Å². The smallest absolute Gasteiger partial charge is 0.126 e. The Morgan fingerprint density at radius 1 is 1.08 bits per heavy atom. The summed E-state index contributed by atoms with van der Waals surface area (Å²) >= 11 is 0. The summed E-state index contributed by atoms with van der Waals surface area (Å²) in [4.78, 5) is 0. The van der Waals surface area contributed by atoms with E-state index in [0.29, 0.717) is 5.75 Å². The third kappa shape index (κ3) is 1.03. The zero-order valence-electron chi connectivity index (χ0n) is 9.45. The third-order valence-electron chi connectivity index (χ3n) is 1.86. The average molecular weight is 161 g/mol. The molecule has 0 saturated heterocycles. The van der Waals surface area contributed by atoms with Crippen LogP contribution in [-0.4, -0.2) is 7.04 Å². The first-order valence-corrected chi connectivity index (χ1v) is 3.73. The summed E-state index contributed by atoms with van der Waals surface area (Å²) in [5, 5.41) is 1.79. The maximum atomic E-state index is 7.06. The summed E-state index contributed by atoms with van der Waals surface area (Å²) in [7, 11) is -2.40. The van der Waals surface area contributed by atoms with E-state index in [2.05, 4.69) is 0 Å². The molecule has 0 aliphatic heterocycles. The highest BCUT2D eigenvalue weighted by Crippen LogP contribution is 2.24. The second kappa shape index (κ2) is 2.86. The highest BCUT2D eigenvalue weighted by molar-refractivity contribution is 5.88. The highest BCUT2D eigenvalue weighted by Gasteiger charge is 1.96. The van der Waals surface area contributed by atoms with Crippen LogP contribution in [0, 0.1) is 0 Å². The van der Waals surface area contributed by atoms with Gasteiger partial charge in [-0.05, 0) is 11.5 Å². The molecule has 0 radical (unpaired) electrons. The molecule has 0 saturated carbocycles. The lowest BCUT2D eigenvalue weighted by Gasteiger charge is -2.03. The molecular weight excluding hydrogens is 148 g/mol. The third-order valence-corrected chi connectivity index (χ3v) is 1.86. The van der Waals surface area contributed by atoms with E-state index in [-0.39, 0.29) is 0 Å². The molecule has 12 heavy (non-hydrogen) atoms. The van der Waals surface area contributed by atoms with Crippen LogP contribution in [0.1, 0.15) is 4.11 Å². The Bertz CT molecular complexity index is 471. The molecule has 0 aliphatic rings. The second-order valence-corrected chi connectivity index (χ2v) is 2.58. The number of hydrogen-bond acceptors (Lipinski definition) is 1. The molecule has 0 amide bonds. The molecule has 1 heteroatoms. The highest BCUT2D eigenvalue weighted by atomic mass is 16.5. The molecule has 60 valence electrons. The van der Waals surface area contributed by atoms with Crippen LogP contribution in [0.25, 0.3) is 10.8 Å². The van der Waals surface area contributed by atoms with Crippen molar-refractivity contribution in [2.24, 2.45) is 0 Å². The topological polar surface area (TPSA) is 9.23 Å². The fourth-order valence-electron chi connectivity index (χ4n) is 1.28. The Labute approximate surface area is 75.8 Å². The lowest BCUT2D eigenvalue weighted by Crippen LogP contribution is -1.83. The van der Waals surface area contributed by atoms with E-state index in [1.165, 1.54) is 0 Å². The predicted molar refractivity (Wildman–Crippen MR) is 50.5 cm³/mol. The van der Waals surface area contributed by atoms with Gasteiger partial charge in [-0.25, -0.2) is 0 Å². The summed E-state index contributed by atoms with van der Waals surface area (Å²) in [6, 6.07) is 12.9. The van der Waals surface area contributed by atoms with Crippen molar-refractivity contribution < 1.29 is 8.85 Å². The molecule has 0 atom stereocenters. The molecule has 2 aromatic rings. The van der Waals surface area contributed by atoms with Gasteiger partial charge in [0.1, 0.15) is 5.75 Å². The molecule has 0 unspecified atom stereocenters. The molecule has 1 nitrogen and oxygen atoms in total. The van der Waals surface area contributed by atoms with Gasteiger partial charge in [0, 0.05) is 5.39 Å². The number of rotatable bonds is 1. The van der Waals surface area contributed by atoms with Crippen LogP contribution >= 0.6 is 0 Å². The molecule has 0 bridgehead atoms. The zero-order chi connectivity index (χ0) is 10.9. The first-order chi connectivity index (χ1) is 7.06. The van der Waals surface area contributed by atoms with Crippen molar-refractivity contribution >= 4 is 10.8 Å². The fourth-order valence-corrected chi connectivity index (χ4v) is 1.28. The van der Waals surface area contributed by atoms with E-state index in [4.69, 9.17) is 8.85 Å². The first kappa shape index (κ1) is 4.51. The summed E-state index contributed by atoms with van der Waals surface area (Å²) < 4.78 is 26.1. The largest absolute Gasteiger partial charge is 0.496 e. The zero-order valence-corrected chi connectivity index (χ0v) is 6.45. The Balaban J connectivity index is 2.52. The van der Waals surface area contributed by atoms with Crippen LogP contribution in [-0.2, 0) is 0 Å². The number of hydrogen-bond donors (Lipinski definition) is 0. The van der Waals surface area contributed by atoms with Gasteiger partial charge in [-0.15, -0.1) is 0 Å².